The van der Waals surface area contributed by atoms with Gasteiger partial charge in [0.05, 0.1) is 34.5 Å². The predicted molar refractivity (Wildman–Crippen MR) is 181 cm³/mol. The molecule has 1 aliphatic heterocycles. The predicted octanol–water partition coefficient (Wildman–Crippen LogP) is 3.87. The summed E-state index contributed by atoms with van der Waals surface area (Å²) in [5.74, 6) is -7.20. The summed E-state index contributed by atoms with van der Waals surface area (Å²) in [4.78, 5) is 80.3. The molecule has 0 aromatic heterocycles. The number of benzene rings is 1. The number of fused-ring (bicyclic) bond motifs is 1. The summed E-state index contributed by atoms with van der Waals surface area (Å²) < 4.78 is 43.5. The highest BCUT2D eigenvalue weighted by molar-refractivity contribution is 5.89. The molecular weight excluding hydrogens is 680 g/mol. The van der Waals surface area contributed by atoms with Gasteiger partial charge in [-0.25, -0.2) is 4.79 Å². The lowest BCUT2D eigenvalue weighted by molar-refractivity contribution is -0.363. The van der Waals surface area contributed by atoms with Crippen LogP contribution in [0.3, 0.4) is 0 Å². The van der Waals surface area contributed by atoms with Crippen molar-refractivity contribution in [2.24, 2.45) is 23.2 Å². The number of esters is 6. The Morgan fingerprint density at radius 1 is 0.769 bits per heavy atom. The lowest BCUT2D eigenvalue weighted by atomic mass is 9.45. The minimum atomic E-state index is -2.28. The maximum Gasteiger partial charge on any atom is 0.338 e. The molecule has 1 spiro atoms. The molecule has 1 saturated heterocycles. The van der Waals surface area contributed by atoms with Crippen LogP contribution >= 0.6 is 0 Å². The van der Waals surface area contributed by atoms with E-state index in [1.807, 2.05) is 0 Å². The number of carbonyl (C=O) groups excluding carboxylic acids is 6. The first kappa shape index (κ1) is 40.7. The van der Waals surface area contributed by atoms with Crippen molar-refractivity contribution in [3.05, 3.63) is 35.9 Å². The van der Waals surface area contributed by atoms with E-state index in [1.165, 1.54) is 19.1 Å². The van der Waals surface area contributed by atoms with Crippen molar-refractivity contribution in [3.8, 4) is 0 Å². The third-order valence-corrected chi connectivity index (χ3v) is 10.9. The topological polar surface area (TPSA) is 187 Å². The fraction of sp³-hybridized carbons (Fsp3) is 0.684. The second-order valence-electron chi connectivity index (χ2n) is 15.0. The SMILES string of the molecule is CCC(C)C(=O)OC[C@]12[C@H](OC(=O)c3ccccc3)[C@@H](OC(=O)C(C)CC)[C@@H]3[C@@H](OC(C)=O)[C@]1(OC3(C)C)[C@@](C)(O)C[C@H](OC(C)=O)[C@@H]2OC(C)=O. The van der Waals surface area contributed by atoms with Crippen molar-refractivity contribution in [2.75, 3.05) is 6.61 Å². The van der Waals surface area contributed by atoms with Crippen molar-refractivity contribution in [3.63, 3.8) is 0 Å². The van der Waals surface area contributed by atoms with Crippen molar-refractivity contribution in [1.29, 1.82) is 0 Å². The highest BCUT2D eigenvalue weighted by Gasteiger charge is 2.89. The Balaban J connectivity index is 2.20. The van der Waals surface area contributed by atoms with E-state index in [9.17, 15) is 33.9 Å². The first-order chi connectivity index (χ1) is 24.2. The molecule has 1 aromatic carbocycles. The second-order valence-corrected chi connectivity index (χ2v) is 15.0. The summed E-state index contributed by atoms with van der Waals surface area (Å²) in [6, 6.07) is 7.91. The van der Waals surface area contributed by atoms with E-state index in [-0.39, 0.29) is 5.56 Å². The minimum Gasteiger partial charge on any atom is -0.464 e. The van der Waals surface area contributed by atoms with Gasteiger partial charge >= 0.3 is 35.8 Å². The van der Waals surface area contributed by atoms with Gasteiger partial charge in [-0.2, -0.15) is 0 Å². The molecule has 2 bridgehead atoms. The molecule has 2 unspecified atom stereocenters. The molecule has 4 rings (SSSR count). The number of ether oxygens (including phenoxy) is 7. The van der Waals surface area contributed by atoms with Crippen LogP contribution in [0.25, 0.3) is 0 Å². The molecule has 1 N–H and O–H groups in total. The van der Waals surface area contributed by atoms with E-state index in [2.05, 4.69) is 0 Å². The summed E-state index contributed by atoms with van der Waals surface area (Å²) in [6.07, 6.45) is -7.61. The Morgan fingerprint density at radius 3 is 1.85 bits per heavy atom. The van der Waals surface area contributed by atoms with E-state index in [1.54, 1.807) is 59.7 Å². The largest absolute Gasteiger partial charge is 0.464 e. The Kier molecular flexibility index (Phi) is 11.9. The molecular formula is C38H52O14. The van der Waals surface area contributed by atoms with Gasteiger partial charge in [0.25, 0.3) is 0 Å². The van der Waals surface area contributed by atoms with Crippen molar-refractivity contribution < 1.29 is 67.0 Å². The fourth-order valence-electron chi connectivity index (χ4n) is 8.32. The van der Waals surface area contributed by atoms with Gasteiger partial charge in [-0.05, 0) is 45.7 Å². The van der Waals surface area contributed by atoms with Gasteiger partial charge in [0.2, 0.25) is 0 Å². The third-order valence-electron chi connectivity index (χ3n) is 10.9. The van der Waals surface area contributed by atoms with Crippen molar-refractivity contribution in [1.82, 2.24) is 0 Å². The summed E-state index contributed by atoms with van der Waals surface area (Å²) >= 11 is 0. The van der Waals surface area contributed by atoms with E-state index in [0.29, 0.717) is 12.8 Å². The van der Waals surface area contributed by atoms with E-state index in [4.69, 9.17) is 33.2 Å². The van der Waals surface area contributed by atoms with Crippen LogP contribution in [0, 0.1) is 23.2 Å². The van der Waals surface area contributed by atoms with Gasteiger partial charge in [-0.1, -0.05) is 45.9 Å². The Morgan fingerprint density at radius 2 is 1.31 bits per heavy atom. The van der Waals surface area contributed by atoms with Crippen LogP contribution in [0.5, 0.6) is 0 Å². The number of rotatable bonds is 12. The van der Waals surface area contributed by atoms with Gasteiger partial charge < -0.3 is 38.3 Å². The molecule has 0 radical (unpaired) electrons. The zero-order chi connectivity index (χ0) is 39.0. The molecule has 52 heavy (non-hydrogen) atoms. The van der Waals surface area contributed by atoms with Gasteiger partial charge in [-0.3, -0.25) is 24.0 Å². The first-order valence-corrected chi connectivity index (χ1v) is 17.8. The highest BCUT2D eigenvalue weighted by Crippen LogP contribution is 2.69. The molecule has 2 saturated carbocycles. The average molecular weight is 733 g/mol. The molecule has 11 atom stereocenters. The smallest absolute Gasteiger partial charge is 0.338 e. The lowest BCUT2D eigenvalue weighted by Gasteiger charge is -2.66. The monoisotopic (exact) mass is 732 g/mol. The Hall–Kier alpha value is -4.04. The number of hydrogen-bond donors (Lipinski definition) is 1. The summed E-state index contributed by atoms with van der Waals surface area (Å²) in [6.45, 7) is 14.1. The van der Waals surface area contributed by atoms with Crippen LogP contribution < -0.4 is 0 Å². The molecule has 14 nitrogen and oxygen atoms in total. The van der Waals surface area contributed by atoms with Crippen LogP contribution in [0.4, 0.5) is 0 Å². The van der Waals surface area contributed by atoms with Gasteiger partial charge in [0.15, 0.2) is 17.8 Å². The fourth-order valence-corrected chi connectivity index (χ4v) is 8.32. The molecule has 2 aliphatic carbocycles. The zero-order valence-corrected chi connectivity index (χ0v) is 31.6. The van der Waals surface area contributed by atoms with Crippen LogP contribution in [0.1, 0.15) is 98.9 Å². The number of hydrogen-bond acceptors (Lipinski definition) is 14. The molecule has 1 heterocycles. The van der Waals surface area contributed by atoms with E-state index >= 15 is 0 Å². The Bertz CT molecular complexity index is 1540. The van der Waals surface area contributed by atoms with E-state index in [0.717, 1.165) is 20.8 Å². The highest BCUT2D eigenvalue weighted by atomic mass is 16.7. The van der Waals surface area contributed by atoms with Gasteiger partial charge in [-0.15, -0.1) is 0 Å². The molecule has 14 heteroatoms. The molecule has 288 valence electrons. The summed E-state index contributed by atoms with van der Waals surface area (Å²) in [7, 11) is 0. The average Bonchev–Trinajstić information content (AvgIpc) is 3.26. The Labute approximate surface area is 304 Å². The molecule has 3 fully saturated rings. The second kappa shape index (κ2) is 15.1. The number of aliphatic hydroxyl groups is 1. The van der Waals surface area contributed by atoms with Crippen molar-refractivity contribution >= 4 is 35.8 Å². The standard InChI is InChI=1S/C38H52O14/c1-11-20(3)32(42)46-19-37-29(48-23(6)40)26(47-22(5)39)18-36(10,45)38(37)30(49-24(7)41)27(35(8,9)52-38)28(50-33(43)21(4)12-2)31(37)51-34(44)25-16-14-13-15-17-25/h13-17,20-21,26-31,45H,11-12,18-19H2,1-10H3/t20?,21?,26-,27+,28-,29-,30+,31+,36-,37-,38-/m0/s1. The van der Waals surface area contributed by atoms with Crippen LogP contribution in [0.2, 0.25) is 0 Å². The van der Waals surface area contributed by atoms with Gasteiger partial charge in [0.1, 0.15) is 30.3 Å². The normalized spacial score (nSPS) is 34.1. The van der Waals surface area contributed by atoms with Crippen LogP contribution in [0.15, 0.2) is 30.3 Å². The summed E-state index contributed by atoms with van der Waals surface area (Å²) in [5.41, 5.74) is -8.01. The van der Waals surface area contributed by atoms with Gasteiger partial charge in [0, 0.05) is 27.2 Å². The van der Waals surface area contributed by atoms with Crippen molar-refractivity contribution in [2.45, 2.75) is 136 Å². The molecule has 3 aliphatic rings. The number of carbonyl (C=O) groups is 6. The maximum absolute atomic E-state index is 14.2. The van der Waals surface area contributed by atoms with E-state index < -0.39 is 119 Å². The third kappa shape index (κ3) is 7.03. The summed E-state index contributed by atoms with van der Waals surface area (Å²) in [5, 5.41) is 12.8. The lowest BCUT2D eigenvalue weighted by Crippen LogP contribution is -2.85. The zero-order valence-electron chi connectivity index (χ0n) is 31.6. The van der Waals surface area contributed by atoms with Crippen LogP contribution in [-0.2, 0) is 57.1 Å². The quantitative estimate of drug-likeness (QED) is 0.241. The minimum absolute atomic E-state index is 0.0908. The molecule has 1 aromatic rings. The van der Waals surface area contributed by atoms with Crippen LogP contribution in [-0.4, -0.2) is 94.9 Å². The first-order valence-electron chi connectivity index (χ1n) is 17.8. The maximum atomic E-state index is 14.2. The molecule has 0 amide bonds.